The van der Waals surface area contributed by atoms with Crippen LogP contribution < -0.4 is 20.7 Å². The fourth-order valence-corrected chi connectivity index (χ4v) is 3.30. The molecule has 0 radical (unpaired) electrons. The van der Waals surface area contributed by atoms with Crippen molar-refractivity contribution >= 4 is 50.8 Å². The minimum atomic E-state index is -0.375. The molecule has 0 aromatic heterocycles. The van der Waals surface area contributed by atoms with Gasteiger partial charge in [0.25, 0.3) is 11.8 Å². The Morgan fingerprint density at radius 1 is 1.07 bits per heavy atom. The molecule has 160 valence electrons. The van der Waals surface area contributed by atoms with Crippen molar-refractivity contribution in [3.63, 3.8) is 0 Å². The maximum Gasteiger partial charge on any atom is 0.261 e. The van der Waals surface area contributed by atoms with Crippen LogP contribution in [0.4, 0.5) is 5.69 Å². The van der Waals surface area contributed by atoms with Crippen LogP contribution in [0, 0.1) is 0 Å². The first-order valence-corrected chi connectivity index (χ1v) is 11.0. The number of hydrogen-bond acceptors (Lipinski definition) is 4. The molecule has 0 aliphatic carbocycles. The minimum Gasteiger partial charge on any atom is -0.493 e. The molecule has 3 N–H and O–H groups in total. The highest BCUT2D eigenvalue weighted by Gasteiger charge is 2.15. The maximum absolute atomic E-state index is 12.8. The molecular formula is C22H26BrN3O3S. The van der Waals surface area contributed by atoms with Crippen LogP contribution in [-0.4, -0.2) is 30.6 Å². The monoisotopic (exact) mass is 491 g/mol. The van der Waals surface area contributed by atoms with Gasteiger partial charge in [-0.25, -0.2) is 0 Å². The summed E-state index contributed by atoms with van der Waals surface area (Å²) in [6.07, 6.45) is 4.35. The molecule has 2 amide bonds. The second-order valence-electron chi connectivity index (χ2n) is 6.62. The minimum absolute atomic E-state index is 0.128. The van der Waals surface area contributed by atoms with E-state index < -0.39 is 0 Å². The molecular weight excluding hydrogens is 466 g/mol. The number of ether oxygens (including phenoxy) is 1. The Kier molecular flexibility index (Phi) is 9.76. The number of thiocarbonyl (C=S) groups is 1. The van der Waals surface area contributed by atoms with Crippen molar-refractivity contribution in [3.8, 4) is 5.75 Å². The summed E-state index contributed by atoms with van der Waals surface area (Å²) in [5.41, 5.74) is 1.48. The summed E-state index contributed by atoms with van der Waals surface area (Å²) < 4.78 is 6.59. The Labute approximate surface area is 190 Å². The lowest BCUT2D eigenvalue weighted by Gasteiger charge is -2.14. The van der Waals surface area contributed by atoms with Crippen molar-refractivity contribution in [1.82, 2.24) is 10.6 Å². The summed E-state index contributed by atoms with van der Waals surface area (Å²) in [7, 11) is 1.56. The molecule has 0 spiro atoms. The normalized spacial score (nSPS) is 10.2. The number of carbonyl (C=O) groups excluding carboxylic acids is 2. The van der Waals surface area contributed by atoms with Gasteiger partial charge in [0.2, 0.25) is 0 Å². The van der Waals surface area contributed by atoms with Gasteiger partial charge in [0, 0.05) is 22.8 Å². The maximum atomic E-state index is 12.8. The number of rotatable bonds is 9. The van der Waals surface area contributed by atoms with E-state index in [1.165, 1.54) is 0 Å². The molecule has 2 rings (SSSR count). The number of unbranched alkanes of at least 4 members (excludes halogenated alkanes) is 3. The van der Waals surface area contributed by atoms with Crippen LogP contribution in [0.25, 0.3) is 0 Å². The molecule has 0 atom stereocenters. The smallest absolute Gasteiger partial charge is 0.261 e. The van der Waals surface area contributed by atoms with Crippen LogP contribution in [-0.2, 0) is 0 Å². The third-order valence-corrected chi connectivity index (χ3v) is 4.98. The van der Waals surface area contributed by atoms with Crippen molar-refractivity contribution in [3.05, 3.63) is 58.1 Å². The van der Waals surface area contributed by atoms with E-state index in [0.717, 1.165) is 30.2 Å². The predicted molar refractivity (Wildman–Crippen MR) is 127 cm³/mol. The van der Waals surface area contributed by atoms with E-state index in [1.54, 1.807) is 43.4 Å². The Morgan fingerprint density at radius 2 is 1.87 bits per heavy atom. The van der Waals surface area contributed by atoms with Gasteiger partial charge in [-0.2, -0.15) is 0 Å². The van der Waals surface area contributed by atoms with E-state index in [1.807, 2.05) is 6.07 Å². The Morgan fingerprint density at radius 3 is 2.60 bits per heavy atom. The molecule has 0 bridgehead atoms. The van der Waals surface area contributed by atoms with E-state index in [4.69, 9.17) is 17.0 Å². The molecule has 2 aromatic carbocycles. The van der Waals surface area contributed by atoms with Crippen LogP contribution in [0.2, 0.25) is 0 Å². The molecule has 0 aliphatic rings. The third-order valence-electron chi connectivity index (χ3n) is 4.28. The van der Waals surface area contributed by atoms with Crippen molar-refractivity contribution in [2.24, 2.45) is 0 Å². The number of halogens is 1. The van der Waals surface area contributed by atoms with Crippen molar-refractivity contribution in [2.45, 2.75) is 32.6 Å². The number of nitrogens with one attached hydrogen (secondary N) is 3. The van der Waals surface area contributed by atoms with E-state index in [-0.39, 0.29) is 16.9 Å². The van der Waals surface area contributed by atoms with Crippen LogP contribution in [0.15, 0.2) is 46.9 Å². The summed E-state index contributed by atoms with van der Waals surface area (Å²) in [5, 5.41) is 8.29. The van der Waals surface area contributed by atoms with Gasteiger partial charge in [-0.3, -0.25) is 14.9 Å². The van der Waals surface area contributed by atoms with Gasteiger partial charge in [0.05, 0.1) is 12.2 Å². The molecule has 0 fully saturated rings. The first kappa shape index (κ1) is 23.8. The number of anilines is 1. The van der Waals surface area contributed by atoms with Gasteiger partial charge < -0.3 is 15.4 Å². The zero-order valence-electron chi connectivity index (χ0n) is 17.1. The van der Waals surface area contributed by atoms with Gasteiger partial charge in [-0.15, -0.1) is 0 Å². The van der Waals surface area contributed by atoms with E-state index in [2.05, 4.69) is 38.8 Å². The van der Waals surface area contributed by atoms with Crippen LogP contribution >= 0.6 is 28.1 Å². The molecule has 0 unspecified atom stereocenters. The number of amides is 2. The average Bonchev–Trinajstić information content (AvgIpc) is 2.73. The van der Waals surface area contributed by atoms with Gasteiger partial charge >= 0.3 is 0 Å². The van der Waals surface area contributed by atoms with Crippen LogP contribution in [0.3, 0.4) is 0 Å². The average molecular weight is 492 g/mol. The van der Waals surface area contributed by atoms with E-state index >= 15 is 0 Å². The third kappa shape index (κ3) is 7.42. The summed E-state index contributed by atoms with van der Waals surface area (Å²) in [5.74, 6) is -0.0695. The highest BCUT2D eigenvalue weighted by Crippen LogP contribution is 2.24. The highest BCUT2D eigenvalue weighted by molar-refractivity contribution is 9.10. The van der Waals surface area contributed by atoms with Gasteiger partial charge in [-0.05, 0) is 55.0 Å². The Hall–Kier alpha value is -2.45. The quantitative estimate of drug-likeness (QED) is 0.343. The van der Waals surface area contributed by atoms with Gasteiger partial charge in [-0.1, -0.05) is 48.2 Å². The topological polar surface area (TPSA) is 79.5 Å². The molecule has 0 saturated heterocycles. The summed E-state index contributed by atoms with van der Waals surface area (Å²) in [6.45, 7) is 2.71. The second kappa shape index (κ2) is 12.3. The van der Waals surface area contributed by atoms with E-state index in [9.17, 15) is 9.59 Å². The van der Waals surface area contributed by atoms with Crippen molar-refractivity contribution < 1.29 is 14.3 Å². The van der Waals surface area contributed by atoms with Crippen LogP contribution in [0.5, 0.6) is 5.75 Å². The molecule has 0 saturated carbocycles. The van der Waals surface area contributed by atoms with Crippen molar-refractivity contribution in [2.75, 3.05) is 19.0 Å². The Bertz CT molecular complexity index is 905. The molecule has 0 aliphatic heterocycles. The standard InChI is InChI=1S/C22H26BrN3O3S/c1-3-4-5-6-12-29-19-11-10-16(23)14-18(19)21(28)26-22(30)25-17-9-7-8-15(13-17)20(27)24-2/h7-11,13-14H,3-6,12H2,1-2H3,(H,24,27)(H2,25,26,28,30). The largest absolute Gasteiger partial charge is 0.493 e. The SMILES string of the molecule is CCCCCCOc1ccc(Br)cc1C(=O)NC(=S)Nc1cccc(C(=O)NC)c1. The molecule has 30 heavy (non-hydrogen) atoms. The molecule has 0 heterocycles. The Balaban J connectivity index is 2.02. The summed E-state index contributed by atoms with van der Waals surface area (Å²) >= 11 is 8.66. The molecule has 2 aromatic rings. The van der Waals surface area contributed by atoms with Crippen molar-refractivity contribution in [1.29, 1.82) is 0 Å². The lowest BCUT2D eigenvalue weighted by atomic mass is 10.2. The van der Waals surface area contributed by atoms with Crippen LogP contribution in [0.1, 0.15) is 53.3 Å². The number of benzene rings is 2. The zero-order valence-corrected chi connectivity index (χ0v) is 19.5. The summed E-state index contributed by atoms with van der Waals surface area (Å²) in [4.78, 5) is 24.5. The van der Waals surface area contributed by atoms with Gasteiger partial charge in [0.1, 0.15) is 5.75 Å². The summed E-state index contributed by atoms with van der Waals surface area (Å²) in [6, 6.07) is 12.1. The molecule has 8 heteroatoms. The number of carbonyl (C=O) groups is 2. The molecule has 6 nitrogen and oxygen atoms in total. The predicted octanol–water partition coefficient (Wildman–Crippen LogP) is 4.89. The lowest BCUT2D eigenvalue weighted by Crippen LogP contribution is -2.34. The van der Waals surface area contributed by atoms with E-state index in [0.29, 0.717) is 29.2 Å². The van der Waals surface area contributed by atoms with Gasteiger partial charge in [0.15, 0.2) is 5.11 Å². The first-order chi connectivity index (χ1) is 14.4. The fraction of sp³-hybridized carbons (Fsp3) is 0.318. The lowest BCUT2D eigenvalue weighted by molar-refractivity contribution is 0.0958. The second-order valence-corrected chi connectivity index (χ2v) is 7.94. The highest BCUT2D eigenvalue weighted by atomic mass is 79.9. The fourth-order valence-electron chi connectivity index (χ4n) is 2.73. The zero-order chi connectivity index (χ0) is 21.9. The number of hydrogen-bond donors (Lipinski definition) is 3. The first-order valence-electron chi connectivity index (χ1n) is 9.81.